The molecule has 1 aliphatic carbocycles. The first kappa shape index (κ1) is 20.4. The molecule has 0 amide bonds. The van der Waals surface area contributed by atoms with Crippen LogP contribution in [-0.2, 0) is 4.79 Å². The first-order valence-electron chi connectivity index (χ1n) is 9.49. The Morgan fingerprint density at radius 2 is 2.10 bits per heavy atom. The molecule has 0 radical (unpaired) electrons. The number of halogens is 1. The van der Waals surface area contributed by atoms with E-state index in [-0.39, 0.29) is 5.92 Å². The fourth-order valence-corrected chi connectivity index (χ4v) is 4.21. The van der Waals surface area contributed by atoms with Crippen LogP contribution in [-0.4, -0.2) is 18.6 Å². The third kappa shape index (κ3) is 3.77. The number of benzene rings is 2. The zero-order valence-corrected chi connectivity index (χ0v) is 18.3. The lowest BCUT2D eigenvalue weighted by atomic mass is 9.72. The number of nitriles is 1. The molecule has 0 spiro atoms. The standard InChI is InChI=1S/C23H18BClN3OP/c1-14-2-3-16(10-17(14)12-26)15-4-7-19-21(9-5-15)28(27-23(19)25)18-6-8-20(24-13-29)22(30)11-18/h2-11,13,19,24H,30H2,1H3. The normalized spacial score (nSPS) is 17.3. The highest BCUT2D eigenvalue weighted by Crippen LogP contribution is 2.36. The van der Waals surface area contributed by atoms with E-state index in [1.54, 1.807) is 0 Å². The van der Waals surface area contributed by atoms with Crippen LogP contribution in [0, 0.1) is 24.2 Å². The minimum Gasteiger partial charge on any atom is -0.315 e. The second kappa shape index (κ2) is 8.44. The zero-order chi connectivity index (χ0) is 21.3. The van der Waals surface area contributed by atoms with Gasteiger partial charge in [-0.15, -0.1) is 9.24 Å². The van der Waals surface area contributed by atoms with E-state index in [0.29, 0.717) is 18.0 Å². The molecule has 30 heavy (non-hydrogen) atoms. The van der Waals surface area contributed by atoms with Crippen LogP contribution in [0.3, 0.4) is 0 Å². The highest BCUT2D eigenvalue weighted by atomic mass is 35.5. The van der Waals surface area contributed by atoms with Gasteiger partial charge in [0.25, 0.3) is 0 Å². The van der Waals surface area contributed by atoms with Gasteiger partial charge < -0.3 is 4.79 Å². The van der Waals surface area contributed by atoms with Crippen LogP contribution in [0.25, 0.3) is 5.57 Å². The Morgan fingerprint density at radius 1 is 1.27 bits per heavy atom. The Labute approximate surface area is 183 Å². The van der Waals surface area contributed by atoms with Crippen LogP contribution in [0.5, 0.6) is 0 Å². The van der Waals surface area contributed by atoms with Crippen molar-refractivity contribution >= 4 is 61.5 Å². The third-order valence-corrected chi connectivity index (χ3v) is 6.13. The number of aryl methyl sites for hydroxylation is 1. The number of hydrazone groups is 1. The van der Waals surface area contributed by atoms with Gasteiger partial charge in [0, 0.05) is 0 Å². The van der Waals surface area contributed by atoms with Crippen molar-refractivity contribution < 1.29 is 4.79 Å². The monoisotopic (exact) mass is 429 g/mol. The molecule has 0 aromatic heterocycles. The van der Waals surface area contributed by atoms with Crippen molar-refractivity contribution in [3.05, 3.63) is 83.1 Å². The molecule has 0 N–H and O–H groups in total. The number of nitrogens with zero attached hydrogens (tertiary/aromatic N) is 3. The van der Waals surface area contributed by atoms with Crippen molar-refractivity contribution in [2.45, 2.75) is 6.92 Å². The van der Waals surface area contributed by atoms with Crippen LogP contribution in [0.1, 0.15) is 16.7 Å². The van der Waals surface area contributed by atoms with Gasteiger partial charge in [0.2, 0.25) is 7.28 Å². The lowest BCUT2D eigenvalue weighted by Crippen LogP contribution is -2.28. The molecule has 1 heterocycles. The number of anilines is 1. The van der Waals surface area contributed by atoms with Gasteiger partial charge in [0.05, 0.1) is 35.1 Å². The van der Waals surface area contributed by atoms with E-state index in [4.69, 9.17) is 11.6 Å². The summed E-state index contributed by atoms with van der Waals surface area (Å²) in [6.07, 6.45) is 9.00. The Kier molecular flexibility index (Phi) is 5.73. The zero-order valence-electron chi connectivity index (χ0n) is 16.3. The molecule has 7 heteroatoms. The smallest absolute Gasteiger partial charge is 0.235 e. The summed E-state index contributed by atoms with van der Waals surface area (Å²) >= 11 is 6.48. The van der Waals surface area contributed by atoms with E-state index in [9.17, 15) is 10.1 Å². The van der Waals surface area contributed by atoms with E-state index in [2.05, 4.69) is 20.4 Å². The van der Waals surface area contributed by atoms with E-state index in [1.165, 1.54) is 0 Å². The molecule has 4 rings (SSSR count). The first-order valence-corrected chi connectivity index (χ1v) is 10.4. The molecule has 2 aromatic carbocycles. The topological polar surface area (TPSA) is 56.5 Å². The maximum atomic E-state index is 10.8. The van der Waals surface area contributed by atoms with Gasteiger partial charge in [-0.2, -0.15) is 10.4 Å². The summed E-state index contributed by atoms with van der Waals surface area (Å²) in [4.78, 5) is 10.8. The molecule has 1 aliphatic heterocycles. The van der Waals surface area contributed by atoms with Gasteiger partial charge in [-0.3, -0.25) is 0 Å². The molecular weight excluding hydrogens is 412 g/mol. The molecule has 0 saturated heterocycles. The van der Waals surface area contributed by atoms with E-state index < -0.39 is 0 Å². The number of hydrogen-bond acceptors (Lipinski definition) is 4. The molecule has 146 valence electrons. The minimum atomic E-state index is -0.135. The quantitative estimate of drug-likeness (QED) is 0.426. The summed E-state index contributed by atoms with van der Waals surface area (Å²) in [7, 11) is 3.06. The Bertz CT molecular complexity index is 1210. The summed E-state index contributed by atoms with van der Waals surface area (Å²) in [5, 5.41) is 17.2. The molecule has 0 bridgehead atoms. The Balaban J connectivity index is 1.71. The van der Waals surface area contributed by atoms with Crippen molar-refractivity contribution in [3.63, 3.8) is 0 Å². The van der Waals surface area contributed by atoms with Crippen molar-refractivity contribution in [2.75, 3.05) is 5.01 Å². The van der Waals surface area contributed by atoms with Gasteiger partial charge >= 0.3 is 0 Å². The van der Waals surface area contributed by atoms with Gasteiger partial charge in [-0.25, -0.2) is 5.01 Å². The molecule has 0 fully saturated rings. The maximum Gasteiger partial charge on any atom is 0.235 e. The lowest BCUT2D eigenvalue weighted by molar-refractivity contribution is 0.568. The molecule has 4 nitrogen and oxygen atoms in total. The van der Waals surface area contributed by atoms with Crippen molar-refractivity contribution in [2.24, 2.45) is 11.0 Å². The lowest BCUT2D eigenvalue weighted by Gasteiger charge is -2.19. The molecule has 2 atom stereocenters. The fraction of sp³-hybridized carbons (Fsp3) is 0.0870. The third-order valence-electron chi connectivity index (χ3n) is 5.29. The summed E-state index contributed by atoms with van der Waals surface area (Å²) in [6, 6.07) is 14.0. The number of allylic oxidation sites excluding steroid dienone is 5. The predicted molar refractivity (Wildman–Crippen MR) is 130 cm³/mol. The van der Waals surface area contributed by atoms with E-state index >= 15 is 0 Å². The van der Waals surface area contributed by atoms with Crippen LogP contribution < -0.4 is 15.8 Å². The van der Waals surface area contributed by atoms with Gasteiger partial charge in [0.15, 0.2) is 0 Å². The van der Waals surface area contributed by atoms with Crippen LogP contribution in [0.15, 0.2) is 71.5 Å². The van der Waals surface area contributed by atoms with Gasteiger partial charge in [-0.1, -0.05) is 53.5 Å². The second-order valence-corrected chi connectivity index (χ2v) is 8.19. The van der Waals surface area contributed by atoms with Gasteiger partial charge in [0.1, 0.15) is 5.17 Å². The number of fused-ring (bicyclic) bond motifs is 1. The van der Waals surface area contributed by atoms with E-state index in [1.807, 2.05) is 72.6 Å². The minimum absolute atomic E-state index is 0.135. The van der Waals surface area contributed by atoms with Gasteiger partial charge in [-0.05, 0) is 53.2 Å². The molecule has 0 saturated carbocycles. The largest absolute Gasteiger partial charge is 0.315 e. The highest BCUT2D eigenvalue weighted by Gasteiger charge is 2.31. The molecular formula is C23H18BClN3OP. The summed E-state index contributed by atoms with van der Waals surface area (Å²) < 4.78 is 0. The summed E-state index contributed by atoms with van der Waals surface area (Å²) in [5.74, 6) is -0.135. The van der Waals surface area contributed by atoms with E-state index in [0.717, 1.165) is 45.0 Å². The maximum absolute atomic E-state index is 10.8. The van der Waals surface area contributed by atoms with Crippen LogP contribution in [0.2, 0.25) is 0 Å². The second-order valence-electron chi connectivity index (χ2n) is 7.18. The average molecular weight is 430 g/mol. The van der Waals surface area contributed by atoms with Crippen LogP contribution >= 0.6 is 20.8 Å². The average Bonchev–Trinajstić information content (AvgIpc) is 2.91. The molecule has 2 aromatic rings. The number of rotatable bonds is 4. The first-order chi connectivity index (χ1) is 14.5. The highest BCUT2D eigenvalue weighted by molar-refractivity contribution is 7.29. The fourth-order valence-electron chi connectivity index (χ4n) is 3.56. The van der Waals surface area contributed by atoms with Crippen molar-refractivity contribution in [3.8, 4) is 6.07 Å². The summed E-state index contributed by atoms with van der Waals surface area (Å²) in [6.45, 7) is 1.93. The summed E-state index contributed by atoms with van der Waals surface area (Å²) in [5.41, 5.74) is 6.42. The predicted octanol–water partition coefficient (Wildman–Crippen LogP) is 3.14. The SMILES string of the molecule is Cc1ccc(C2=CC=C3C(C=C2)C(Cl)=NN3c2ccc(BC=O)c(P)c2)cc1C#N. The van der Waals surface area contributed by atoms with Crippen molar-refractivity contribution in [1.82, 2.24) is 0 Å². The number of carbonyl (C=O) groups excluding carboxylic acids is 1. The Hall–Kier alpha value is -2.93. The number of carbonyl (C=O) groups is 1. The molecule has 2 unspecified atom stereocenters. The molecule has 2 aliphatic rings. The Morgan fingerprint density at radius 3 is 2.83 bits per heavy atom. The number of hydrogen-bond donors (Lipinski definition) is 0. The van der Waals surface area contributed by atoms with Crippen molar-refractivity contribution in [1.29, 1.82) is 5.26 Å². The van der Waals surface area contributed by atoms with Crippen LogP contribution in [0.4, 0.5) is 5.69 Å².